The predicted octanol–water partition coefficient (Wildman–Crippen LogP) is 1.47. The highest BCUT2D eigenvalue weighted by Crippen LogP contribution is 2.26. The number of hydrogen-bond donors (Lipinski definition) is 2. The van der Waals surface area contributed by atoms with Crippen molar-refractivity contribution in [2.24, 2.45) is 0 Å². The summed E-state index contributed by atoms with van der Waals surface area (Å²) in [6, 6.07) is 5.68. The largest absolute Gasteiger partial charge is 0.396 e. The molecule has 0 saturated heterocycles. The molecule has 0 bridgehead atoms. The molecule has 2 aromatic rings. The zero-order valence-corrected chi connectivity index (χ0v) is 10.2. The van der Waals surface area contributed by atoms with E-state index < -0.39 is 0 Å². The number of carbonyl (C=O) groups excluding carboxylic acids is 1. The Hall–Kier alpha value is -2.21. The number of aliphatic hydroxyl groups excluding tert-OH is 1. The molecule has 100 valence electrons. The van der Waals surface area contributed by atoms with Crippen LogP contribution in [0, 0.1) is 5.82 Å². The molecule has 0 aliphatic carbocycles. The van der Waals surface area contributed by atoms with Crippen LogP contribution in [0.1, 0.15) is 16.8 Å². The number of halogens is 1. The highest BCUT2D eigenvalue weighted by Gasteiger charge is 2.16. The molecule has 5 nitrogen and oxygen atoms in total. The first-order chi connectivity index (χ1) is 9.17. The lowest BCUT2D eigenvalue weighted by Crippen LogP contribution is -2.06. The third kappa shape index (κ3) is 2.63. The number of aryl methyl sites for hydroxylation is 1. The van der Waals surface area contributed by atoms with Crippen LogP contribution in [0.25, 0.3) is 11.3 Å². The van der Waals surface area contributed by atoms with Crippen molar-refractivity contribution in [3.8, 4) is 11.3 Å². The van der Waals surface area contributed by atoms with Crippen LogP contribution in [0.5, 0.6) is 0 Å². The van der Waals surface area contributed by atoms with Gasteiger partial charge in [0.2, 0.25) is 0 Å². The predicted molar refractivity (Wildman–Crippen MR) is 69.1 cm³/mol. The topological polar surface area (TPSA) is 81.1 Å². The van der Waals surface area contributed by atoms with E-state index >= 15 is 0 Å². The van der Waals surface area contributed by atoms with Crippen LogP contribution in [-0.4, -0.2) is 27.8 Å². The molecular formula is C13H14FN3O2. The average Bonchev–Trinajstić information content (AvgIpc) is 2.73. The van der Waals surface area contributed by atoms with Gasteiger partial charge < -0.3 is 10.8 Å². The highest BCUT2D eigenvalue weighted by molar-refractivity contribution is 5.91. The van der Waals surface area contributed by atoms with E-state index in [1.165, 1.54) is 16.8 Å². The van der Waals surface area contributed by atoms with Crippen molar-refractivity contribution in [2.45, 2.75) is 13.0 Å². The lowest BCUT2D eigenvalue weighted by atomic mass is 10.1. The Balaban J connectivity index is 2.44. The van der Waals surface area contributed by atoms with Gasteiger partial charge in [-0.1, -0.05) is 0 Å². The summed E-state index contributed by atoms with van der Waals surface area (Å²) >= 11 is 0. The second kappa shape index (κ2) is 5.62. The molecular weight excluding hydrogens is 249 g/mol. The molecule has 0 atom stereocenters. The van der Waals surface area contributed by atoms with E-state index in [4.69, 9.17) is 10.8 Å². The van der Waals surface area contributed by atoms with E-state index in [0.717, 1.165) is 0 Å². The molecule has 2 rings (SSSR count). The van der Waals surface area contributed by atoms with Crippen molar-refractivity contribution in [3.63, 3.8) is 0 Å². The SMILES string of the molecule is Nc1c(C=O)c(-c2ccc(F)cc2)nn1CCCO. The summed E-state index contributed by atoms with van der Waals surface area (Å²) in [6.07, 6.45) is 1.13. The van der Waals surface area contributed by atoms with Gasteiger partial charge in [0, 0.05) is 18.7 Å². The molecule has 1 heterocycles. The van der Waals surface area contributed by atoms with Gasteiger partial charge in [-0.05, 0) is 30.7 Å². The minimum atomic E-state index is -0.357. The lowest BCUT2D eigenvalue weighted by Gasteiger charge is -2.01. The van der Waals surface area contributed by atoms with Gasteiger partial charge in [0.25, 0.3) is 0 Å². The smallest absolute Gasteiger partial charge is 0.156 e. The van der Waals surface area contributed by atoms with Gasteiger partial charge in [0.15, 0.2) is 6.29 Å². The summed E-state index contributed by atoms with van der Waals surface area (Å²) in [6.45, 7) is 0.436. The number of nitrogens with two attached hydrogens (primary N) is 1. The summed E-state index contributed by atoms with van der Waals surface area (Å²) in [5.41, 5.74) is 7.16. The Labute approximate surface area is 109 Å². The average molecular weight is 263 g/mol. The third-order valence-electron chi connectivity index (χ3n) is 2.79. The minimum absolute atomic E-state index is 0.0155. The van der Waals surface area contributed by atoms with Crippen LogP contribution in [0.2, 0.25) is 0 Å². The number of rotatable bonds is 5. The molecule has 0 aliphatic rings. The maximum absolute atomic E-state index is 12.9. The first-order valence-electron chi connectivity index (χ1n) is 5.85. The van der Waals surface area contributed by atoms with Crippen molar-refractivity contribution < 1.29 is 14.3 Å². The Bertz CT molecular complexity index is 578. The van der Waals surface area contributed by atoms with Gasteiger partial charge in [-0.25, -0.2) is 9.07 Å². The van der Waals surface area contributed by atoms with Crippen molar-refractivity contribution in [3.05, 3.63) is 35.6 Å². The van der Waals surface area contributed by atoms with E-state index in [-0.39, 0.29) is 23.8 Å². The van der Waals surface area contributed by atoms with Crippen molar-refractivity contribution >= 4 is 12.1 Å². The van der Waals surface area contributed by atoms with Gasteiger partial charge in [-0.3, -0.25) is 4.79 Å². The van der Waals surface area contributed by atoms with Crippen LogP contribution in [0.4, 0.5) is 10.2 Å². The fourth-order valence-corrected chi connectivity index (χ4v) is 1.82. The monoisotopic (exact) mass is 263 g/mol. The first kappa shape index (κ1) is 13.2. The molecule has 0 fully saturated rings. The first-order valence-corrected chi connectivity index (χ1v) is 5.85. The molecule has 6 heteroatoms. The zero-order valence-electron chi connectivity index (χ0n) is 10.2. The Morgan fingerprint density at radius 1 is 1.37 bits per heavy atom. The van der Waals surface area contributed by atoms with Crippen molar-refractivity contribution in [1.82, 2.24) is 9.78 Å². The number of anilines is 1. The van der Waals surface area contributed by atoms with Gasteiger partial charge in [-0.2, -0.15) is 5.10 Å². The Morgan fingerprint density at radius 2 is 2.05 bits per heavy atom. The number of aliphatic hydroxyl groups is 1. The quantitative estimate of drug-likeness (QED) is 0.800. The van der Waals surface area contributed by atoms with Crippen LogP contribution in [0.15, 0.2) is 24.3 Å². The van der Waals surface area contributed by atoms with Gasteiger partial charge >= 0.3 is 0 Å². The van der Waals surface area contributed by atoms with Gasteiger partial charge in [0.05, 0.1) is 5.56 Å². The summed E-state index contributed by atoms with van der Waals surface area (Å²) < 4.78 is 14.4. The number of hydrogen-bond acceptors (Lipinski definition) is 4. The number of carbonyl (C=O) groups is 1. The van der Waals surface area contributed by atoms with Crippen LogP contribution >= 0.6 is 0 Å². The molecule has 1 aromatic heterocycles. The Morgan fingerprint density at radius 3 is 2.63 bits per heavy atom. The molecule has 0 spiro atoms. The molecule has 19 heavy (non-hydrogen) atoms. The minimum Gasteiger partial charge on any atom is -0.396 e. The normalized spacial score (nSPS) is 10.6. The van der Waals surface area contributed by atoms with E-state index in [1.807, 2.05) is 0 Å². The second-order valence-electron chi connectivity index (χ2n) is 4.07. The van der Waals surface area contributed by atoms with Crippen LogP contribution in [0.3, 0.4) is 0 Å². The second-order valence-corrected chi connectivity index (χ2v) is 4.07. The number of benzene rings is 1. The van der Waals surface area contributed by atoms with E-state index in [1.54, 1.807) is 12.1 Å². The maximum Gasteiger partial charge on any atom is 0.156 e. The maximum atomic E-state index is 12.9. The van der Waals surface area contributed by atoms with Crippen LogP contribution < -0.4 is 5.73 Å². The van der Waals surface area contributed by atoms with E-state index in [0.29, 0.717) is 30.5 Å². The molecule has 3 N–H and O–H groups in total. The lowest BCUT2D eigenvalue weighted by molar-refractivity contribution is 0.112. The molecule has 0 aliphatic heterocycles. The summed E-state index contributed by atoms with van der Waals surface area (Å²) in [5.74, 6) is -0.105. The Kier molecular flexibility index (Phi) is 3.91. The van der Waals surface area contributed by atoms with Crippen LogP contribution in [-0.2, 0) is 6.54 Å². The molecule has 1 aromatic carbocycles. The summed E-state index contributed by atoms with van der Waals surface area (Å²) in [5, 5.41) is 13.1. The summed E-state index contributed by atoms with van der Waals surface area (Å²) in [7, 11) is 0. The van der Waals surface area contributed by atoms with Crippen molar-refractivity contribution in [2.75, 3.05) is 12.3 Å². The fraction of sp³-hybridized carbons (Fsp3) is 0.231. The fourth-order valence-electron chi connectivity index (χ4n) is 1.82. The van der Waals surface area contributed by atoms with Crippen molar-refractivity contribution in [1.29, 1.82) is 0 Å². The zero-order chi connectivity index (χ0) is 13.8. The number of nitrogen functional groups attached to an aromatic ring is 1. The van der Waals surface area contributed by atoms with Gasteiger partial charge in [0.1, 0.15) is 17.3 Å². The molecule has 0 amide bonds. The number of aldehydes is 1. The van der Waals surface area contributed by atoms with Gasteiger partial charge in [-0.15, -0.1) is 0 Å². The van der Waals surface area contributed by atoms with E-state index in [9.17, 15) is 9.18 Å². The molecule has 0 saturated carbocycles. The number of nitrogens with zero attached hydrogens (tertiary/aromatic N) is 2. The molecule has 0 radical (unpaired) electrons. The van der Waals surface area contributed by atoms with E-state index in [2.05, 4.69) is 5.10 Å². The standard InChI is InChI=1S/C13H14FN3O2/c14-10-4-2-9(3-5-10)12-11(8-19)13(15)17(16-12)6-1-7-18/h2-5,8,18H,1,6-7,15H2. The molecule has 0 unspecified atom stereocenters. The third-order valence-corrected chi connectivity index (χ3v) is 2.79. The highest BCUT2D eigenvalue weighted by atomic mass is 19.1. The number of aromatic nitrogens is 2. The summed E-state index contributed by atoms with van der Waals surface area (Å²) in [4.78, 5) is 11.1.